The third-order valence-corrected chi connectivity index (χ3v) is 6.70. The third kappa shape index (κ3) is 4.75. The molecule has 1 saturated heterocycles. The molecule has 9 heteroatoms. The van der Waals surface area contributed by atoms with Gasteiger partial charge in [0.1, 0.15) is 11.5 Å². The highest BCUT2D eigenvalue weighted by atomic mass is 32.2. The molecule has 0 bridgehead atoms. The van der Waals surface area contributed by atoms with Gasteiger partial charge in [0, 0.05) is 43.5 Å². The minimum absolute atomic E-state index is 0.298. The third-order valence-electron chi connectivity index (χ3n) is 5.66. The highest BCUT2D eigenvalue weighted by molar-refractivity contribution is 8.18. The molecule has 2 aliphatic heterocycles. The number of para-hydroxylation sites is 1. The average Bonchev–Trinajstić information content (AvgIpc) is 3.46. The molecule has 0 radical (unpaired) electrons. The van der Waals surface area contributed by atoms with Gasteiger partial charge < -0.3 is 14.2 Å². The fraction of sp³-hybridized carbons (Fsp3) is 0.200. The number of benzene rings is 2. The molecule has 3 heterocycles. The molecule has 0 spiro atoms. The lowest BCUT2D eigenvalue weighted by Crippen LogP contribution is -2.47. The molecule has 5 rings (SSSR count). The summed E-state index contributed by atoms with van der Waals surface area (Å²) in [5.74, 6) is 0.336. The van der Waals surface area contributed by atoms with Crippen LogP contribution in [-0.2, 0) is 11.0 Å². The van der Waals surface area contributed by atoms with Crippen LogP contribution in [-0.4, -0.2) is 42.2 Å². The number of anilines is 1. The first kappa shape index (κ1) is 22.3. The van der Waals surface area contributed by atoms with Crippen molar-refractivity contribution in [3.05, 3.63) is 83.0 Å². The number of nitrogens with zero attached hydrogens (tertiary/aromatic N) is 3. The fourth-order valence-corrected chi connectivity index (χ4v) is 4.84. The van der Waals surface area contributed by atoms with E-state index in [-0.39, 0.29) is 5.91 Å². The number of piperazine rings is 1. The van der Waals surface area contributed by atoms with E-state index in [2.05, 4.69) is 26.9 Å². The van der Waals surface area contributed by atoms with Crippen molar-refractivity contribution >= 4 is 34.6 Å². The first-order valence-corrected chi connectivity index (χ1v) is 11.5. The molecule has 1 aromatic heterocycles. The largest absolute Gasteiger partial charge is 0.457 e. The Morgan fingerprint density at radius 1 is 0.912 bits per heavy atom. The minimum Gasteiger partial charge on any atom is -0.457 e. The molecule has 2 aliphatic rings. The molecule has 174 valence electrons. The van der Waals surface area contributed by atoms with Crippen molar-refractivity contribution in [2.24, 2.45) is 4.99 Å². The van der Waals surface area contributed by atoms with E-state index in [0.717, 1.165) is 38.3 Å². The average molecular weight is 484 g/mol. The molecule has 0 aliphatic carbocycles. The Bertz CT molecular complexity index is 1260. The number of rotatable bonds is 3. The van der Waals surface area contributed by atoms with Gasteiger partial charge in [-0.1, -0.05) is 30.3 Å². The number of amidine groups is 1. The molecule has 3 aromatic rings. The van der Waals surface area contributed by atoms with Gasteiger partial charge in [-0.15, -0.1) is 0 Å². The molecule has 34 heavy (non-hydrogen) atoms. The Labute approximate surface area is 198 Å². The zero-order valence-electron chi connectivity index (χ0n) is 18.0. The number of aliphatic imine (C=N–C) groups is 1. The Morgan fingerprint density at radius 3 is 2.38 bits per heavy atom. The monoisotopic (exact) mass is 483 g/mol. The first-order valence-electron chi connectivity index (χ1n) is 10.7. The normalized spacial score (nSPS) is 18.0. The molecular formula is C25H20F3N3O2S. The second kappa shape index (κ2) is 9.06. The summed E-state index contributed by atoms with van der Waals surface area (Å²) in [7, 11) is 0. The Hall–Kier alpha value is -3.46. The lowest BCUT2D eigenvalue weighted by Gasteiger charge is -2.36. The maximum atomic E-state index is 13.0. The van der Waals surface area contributed by atoms with Crippen LogP contribution in [0.4, 0.5) is 18.9 Å². The number of carbonyl (C=O) groups excluding carboxylic acids is 1. The number of carbonyl (C=O) groups is 1. The minimum atomic E-state index is -4.43. The van der Waals surface area contributed by atoms with Crippen molar-refractivity contribution in [2.75, 3.05) is 31.1 Å². The van der Waals surface area contributed by atoms with E-state index in [0.29, 0.717) is 27.2 Å². The van der Waals surface area contributed by atoms with Gasteiger partial charge in [-0.05, 0) is 48.2 Å². The van der Waals surface area contributed by atoms with Crippen molar-refractivity contribution in [3.8, 4) is 11.3 Å². The summed E-state index contributed by atoms with van der Waals surface area (Å²) in [6, 6.07) is 18.4. The topological polar surface area (TPSA) is 49.1 Å². The maximum Gasteiger partial charge on any atom is 0.416 e. The van der Waals surface area contributed by atoms with Crippen LogP contribution in [0.3, 0.4) is 0 Å². The predicted molar refractivity (Wildman–Crippen MR) is 127 cm³/mol. The van der Waals surface area contributed by atoms with Crippen LogP contribution < -0.4 is 4.90 Å². The van der Waals surface area contributed by atoms with Crippen LogP contribution in [0.15, 0.2) is 81.0 Å². The van der Waals surface area contributed by atoms with Crippen LogP contribution in [0.2, 0.25) is 0 Å². The second-order valence-electron chi connectivity index (χ2n) is 7.90. The van der Waals surface area contributed by atoms with E-state index < -0.39 is 11.7 Å². The van der Waals surface area contributed by atoms with Crippen LogP contribution in [0, 0.1) is 0 Å². The standard InChI is InChI=1S/C25H20F3N3O2S/c26-25(27,28)18-6-4-5-17(15-18)21-10-9-20(33-21)16-22-23(32)29-24(34-22)31-13-11-30(12-14-31)19-7-2-1-3-8-19/h1-10,15-16H,11-14H2. The van der Waals surface area contributed by atoms with E-state index >= 15 is 0 Å². The number of hydrogen-bond donors (Lipinski definition) is 0. The Morgan fingerprint density at radius 2 is 1.65 bits per heavy atom. The van der Waals surface area contributed by atoms with E-state index in [9.17, 15) is 18.0 Å². The Kier molecular flexibility index (Phi) is 5.95. The number of amides is 1. The number of hydrogen-bond acceptors (Lipinski definition) is 5. The molecule has 2 aromatic carbocycles. The van der Waals surface area contributed by atoms with Gasteiger partial charge in [-0.25, -0.2) is 0 Å². The number of thioether (sulfide) groups is 1. The summed E-state index contributed by atoms with van der Waals surface area (Å²) < 4.78 is 44.7. The van der Waals surface area contributed by atoms with Gasteiger partial charge >= 0.3 is 6.18 Å². The van der Waals surface area contributed by atoms with Crippen molar-refractivity contribution in [1.29, 1.82) is 0 Å². The summed E-state index contributed by atoms with van der Waals surface area (Å²) in [5, 5.41) is 0.661. The molecule has 5 nitrogen and oxygen atoms in total. The van der Waals surface area contributed by atoms with Crippen molar-refractivity contribution in [3.63, 3.8) is 0 Å². The molecule has 0 N–H and O–H groups in total. The molecule has 1 fully saturated rings. The predicted octanol–water partition coefficient (Wildman–Crippen LogP) is 5.76. The smallest absolute Gasteiger partial charge is 0.416 e. The second-order valence-corrected chi connectivity index (χ2v) is 8.91. The zero-order valence-corrected chi connectivity index (χ0v) is 18.8. The zero-order chi connectivity index (χ0) is 23.7. The quantitative estimate of drug-likeness (QED) is 0.444. The fourth-order valence-electron chi connectivity index (χ4n) is 3.89. The summed E-state index contributed by atoms with van der Waals surface area (Å²) in [4.78, 5) is 21.5. The number of alkyl halides is 3. The van der Waals surface area contributed by atoms with Crippen LogP contribution in [0.1, 0.15) is 11.3 Å². The van der Waals surface area contributed by atoms with Crippen molar-refractivity contribution in [1.82, 2.24) is 4.90 Å². The molecule has 0 unspecified atom stereocenters. The van der Waals surface area contributed by atoms with E-state index in [1.54, 1.807) is 24.3 Å². The summed E-state index contributed by atoms with van der Waals surface area (Å²) in [6.07, 6.45) is -2.85. The van der Waals surface area contributed by atoms with E-state index in [1.807, 2.05) is 18.2 Å². The van der Waals surface area contributed by atoms with E-state index in [4.69, 9.17) is 4.42 Å². The summed E-state index contributed by atoms with van der Waals surface area (Å²) >= 11 is 1.29. The van der Waals surface area contributed by atoms with Crippen LogP contribution in [0.25, 0.3) is 17.4 Å². The van der Waals surface area contributed by atoms with Gasteiger partial charge in [0.05, 0.1) is 10.5 Å². The lowest BCUT2D eigenvalue weighted by atomic mass is 10.1. The van der Waals surface area contributed by atoms with Crippen LogP contribution >= 0.6 is 11.8 Å². The highest BCUT2D eigenvalue weighted by Crippen LogP contribution is 2.34. The molecule has 1 amide bonds. The molecule has 0 saturated carbocycles. The van der Waals surface area contributed by atoms with Gasteiger partial charge in [-0.3, -0.25) is 4.79 Å². The van der Waals surface area contributed by atoms with E-state index in [1.165, 1.54) is 23.5 Å². The first-order chi connectivity index (χ1) is 16.4. The van der Waals surface area contributed by atoms with Gasteiger partial charge in [0.15, 0.2) is 5.17 Å². The van der Waals surface area contributed by atoms with Gasteiger partial charge in [0.2, 0.25) is 0 Å². The highest BCUT2D eigenvalue weighted by Gasteiger charge is 2.31. The lowest BCUT2D eigenvalue weighted by molar-refractivity contribution is -0.137. The van der Waals surface area contributed by atoms with Gasteiger partial charge in [0.25, 0.3) is 5.91 Å². The maximum absolute atomic E-state index is 13.0. The summed E-state index contributed by atoms with van der Waals surface area (Å²) in [5.41, 5.74) is 0.751. The number of halogens is 3. The van der Waals surface area contributed by atoms with Crippen molar-refractivity contribution in [2.45, 2.75) is 6.18 Å². The summed E-state index contributed by atoms with van der Waals surface area (Å²) in [6.45, 7) is 3.16. The Balaban J connectivity index is 1.25. The molecular weight excluding hydrogens is 463 g/mol. The van der Waals surface area contributed by atoms with Crippen LogP contribution in [0.5, 0.6) is 0 Å². The van der Waals surface area contributed by atoms with Crippen molar-refractivity contribution < 1.29 is 22.4 Å². The molecule has 0 atom stereocenters. The number of furan rings is 1. The van der Waals surface area contributed by atoms with Gasteiger partial charge in [-0.2, -0.15) is 18.2 Å². The SMILES string of the molecule is O=C1N=C(N2CCN(c3ccccc3)CC2)SC1=Cc1ccc(-c2cccc(C(F)(F)F)c2)o1.